The topological polar surface area (TPSA) is 16.4 Å². The van der Waals surface area contributed by atoms with Crippen LogP contribution in [0.1, 0.15) is 0 Å². The molecule has 0 saturated heterocycles. The molecular weight excluding hydrogens is 607 g/mol. The third-order valence-electron chi connectivity index (χ3n) is 9.43. The molecule has 0 spiro atoms. The maximum atomic E-state index is 6.49. The van der Waals surface area contributed by atoms with Gasteiger partial charge in [-0.1, -0.05) is 140 Å². The van der Waals surface area contributed by atoms with Gasteiger partial charge >= 0.3 is 0 Å². The number of fused-ring (bicyclic) bond motifs is 2. The molecule has 0 unspecified atom stereocenters. The van der Waals surface area contributed by atoms with Gasteiger partial charge in [0.15, 0.2) is 0 Å². The highest BCUT2D eigenvalue weighted by Gasteiger charge is 2.21. The van der Waals surface area contributed by atoms with Crippen molar-refractivity contribution in [2.24, 2.45) is 0 Å². The molecule has 0 radical (unpaired) electrons. The smallest absolute Gasteiger partial charge is 0.137 e. The van der Waals surface area contributed by atoms with Crippen LogP contribution < -0.4 is 4.90 Å². The van der Waals surface area contributed by atoms with Gasteiger partial charge < -0.3 is 9.32 Å². The van der Waals surface area contributed by atoms with E-state index in [2.05, 4.69) is 193 Å². The fourth-order valence-electron chi connectivity index (χ4n) is 6.93. The monoisotopic (exact) mass is 639 g/mol. The summed E-state index contributed by atoms with van der Waals surface area (Å²) in [5.41, 5.74) is 12.1. The largest absolute Gasteiger partial charge is 0.456 e. The highest BCUT2D eigenvalue weighted by Crippen LogP contribution is 2.44. The zero-order chi connectivity index (χ0) is 33.3. The van der Waals surface area contributed by atoms with Crippen LogP contribution in [-0.4, -0.2) is 0 Å². The Labute approximate surface area is 292 Å². The first kappa shape index (κ1) is 29.5. The molecule has 0 N–H and O–H groups in total. The van der Waals surface area contributed by atoms with Gasteiger partial charge in [0.05, 0.1) is 5.69 Å². The Hall–Kier alpha value is -6.64. The number of furan rings is 1. The van der Waals surface area contributed by atoms with Gasteiger partial charge in [-0.25, -0.2) is 0 Å². The van der Waals surface area contributed by atoms with Gasteiger partial charge in [0.25, 0.3) is 0 Å². The molecule has 1 aromatic heterocycles. The molecule has 0 bridgehead atoms. The Bertz CT molecular complexity index is 2490. The predicted octanol–water partition coefficient (Wildman–Crippen LogP) is 13.7. The summed E-state index contributed by atoms with van der Waals surface area (Å²) in [6, 6.07) is 71.2. The number of rotatable bonds is 7. The molecule has 1 heterocycles. The van der Waals surface area contributed by atoms with Gasteiger partial charge in [-0.3, -0.25) is 0 Å². The zero-order valence-corrected chi connectivity index (χ0v) is 27.4. The molecule has 8 aromatic carbocycles. The van der Waals surface area contributed by atoms with E-state index in [4.69, 9.17) is 4.42 Å². The molecular formula is C48H33NO. The standard InChI is InChI=1S/C48H33NO/c1-3-13-34(14-4-1)41-30-42(35-15-5-2-6-16-35)32-44(31-41)49(46-21-11-10-20-45(46)48-33-40-19-9-12-22-47(40)50-48)43-27-25-37(26-28-43)39-24-23-36-17-7-8-18-38(36)29-39/h1-33H. The van der Waals surface area contributed by atoms with E-state index < -0.39 is 0 Å². The Kier molecular flexibility index (Phi) is 7.53. The normalized spacial score (nSPS) is 11.2. The number of para-hydroxylation sites is 2. The average Bonchev–Trinajstić information content (AvgIpc) is 3.63. The van der Waals surface area contributed by atoms with E-state index in [0.29, 0.717) is 0 Å². The lowest BCUT2D eigenvalue weighted by molar-refractivity contribution is 0.631. The van der Waals surface area contributed by atoms with E-state index in [1.165, 1.54) is 33.0 Å². The van der Waals surface area contributed by atoms with E-state index in [9.17, 15) is 0 Å². The Morgan fingerprint density at radius 3 is 1.58 bits per heavy atom. The Morgan fingerprint density at radius 1 is 0.320 bits per heavy atom. The molecule has 0 fully saturated rings. The zero-order valence-electron chi connectivity index (χ0n) is 27.4. The van der Waals surface area contributed by atoms with E-state index in [1.807, 2.05) is 12.1 Å². The second-order valence-electron chi connectivity index (χ2n) is 12.6. The molecule has 0 aliphatic rings. The summed E-state index contributed by atoms with van der Waals surface area (Å²) < 4.78 is 6.49. The molecule has 2 heteroatoms. The summed E-state index contributed by atoms with van der Waals surface area (Å²) in [5, 5.41) is 3.57. The quantitative estimate of drug-likeness (QED) is 0.173. The molecule has 0 saturated carbocycles. The lowest BCUT2D eigenvalue weighted by Crippen LogP contribution is -2.11. The molecule has 0 aliphatic carbocycles. The molecule has 2 nitrogen and oxygen atoms in total. The van der Waals surface area contributed by atoms with Gasteiger partial charge in [-0.05, 0) is 105 Å². The Balaban J connectivity index is 1.25. The van der Waals surface area contributed by atoms with E-state index in [0.717, 1.165) is 50.5 Å². The molecule has 9 aromatic rings. The second kappa shape index (κ2) is 12.8. The van der Waals surface area contributed by atoms with Crippen LogP contribution in [0.25, 0.3) is 66.4 Å². The van der Waals surface area contributed by atoms with Crippen molar-refractivity contribution in [3.8, 4) is 44.7 Å². The van der Waals surface area contributed by atoms with Crippen molar-refractivity contribution in [2.45, 2.75) is 0 Å². The van der Waals surface area contributed by atoms with Gasteiger partial charge in [0, 0.05) is 22.3 Å². The summed E-state index contributed by atoms with van der Waals surface area (Å²) >= 11 is 0. The second-order valence-corrected chi connectivity index (χ2v) is 12.6. The number of hydrogen-bond acceptors (Lipinski definition) is 2. The van der Waals surface area contributed by atoms with Crippen LogP contribution in [0.2, 0.25) is 0 Å². The highest BCUT2D eigenvalue weighted by atomic mass is 16.3. The predicted molar refractivity (Wildman–Crippen MR) is 210 cm³/mol. The van der Waals surface area contributed by atoms with Crippen molar-refractivity contribution in [1.29, 1.82) is 0 Å². The van der Waals surface area contributed by atoms with Crippen molar-refractivity contribution >= 4 is 38.8 Å². The highest BCUT2D eigenvalue weighted by molar-refractivity contribution is 5.93. The maximum absolute atomic E-state index is 6.49. The SMILES string of the molecule is c1ccc(-c2cc(-c3ccccc3)cc(N(c3ccc(-c4ccc5ccccc5c4)cc3)c3ccccc3-c3cc4ccccc4o3)c2)cc1. The first-order chi connectivity index (χ1) is 24.8. The third kappa shape index (κ3) is 5.63. The van der Waals surface area contributed by atoms with E-state index in [-0.39, 0.29) is 0 Å². The number of benzene rings is 8. The molecule has 0 amide bonds. The lowest BCUT2D eigenvalue weighted by Gasteiger charge is -2.28. The summed E-state index contributed by atoms with van der Waals surface area (Å²) in [6.07, 6.45) is 0. The van der Waals surface area contributed by atoms with Crippen LogP contribution in [0.4, 0.5) is 17.1 Å². The third-order valence-corrected chi connectivity index (χ3v) is 9.43. The van der Waals surface area contributed by atoms with Crippen LogP contribution in [0.5, 0.6) is 0 Å². The minimum atomic E-state index is 0.835. The number of anilines is 3. The molecule has 50 heavy (non-hydrogen) atoms. The fourth-order valence-corrected chi connectivity index (χ4v) is 6.93. The first-order valence-corrected chi connectivity index (χ1v) is 17.0. The fraction of sp³-hybridized carbons (Fsp3) is 0. The van der Waals surface area contributed by atoms with Crippen molar-refractivity contribution in [3.05, 3.63) is 200 Å². The first-order valence-electron chi connectivity index (χ1n) is 17.0. The van der Waals surface area contributed by atoms with E-state index in [1.54, 1.807) is 0 Å². The summed E-state index contributed by atoms with van der Waals surface area (Å²) in [7, 11) is 0. The molecule has 236 valence electrons. The van der Waals surface area contributed by atoms with Crippen molar-refractivity contribution in [2.75, 3.05) is 4.90 Å². The number of hydrogen-bond donors (Lipinski definition) is 0. The van der Waals surface area contributed by atoms with Crippen LogP contribution >= 0.6 is 0 Å². The van der Waals surface area contributed by atoms with Crippen molar-refractivity contribution in [3.63, 3.8) is 0 Å². The van der Waals surface area contributed by atoms with Gasteiger partial charge in [-0.2, -0.15) is 0 Å². The van der Waals surface area contributed by atoms with Crippen LogP contribution in [0, 0.1) is 0 Å². The van der Waals surface area contributed by atoms with Gasteiger partial charge in [-0.15, -0.1) is 0 Å². The summed E-state index contributed by atoms with van der Waals surface area (Å²) in [4.78, 5) is 2.37. The van der Waals surface area contributed by atoms with Crippen LogP contribution in [-0.2, 0) is 0 Å². The molecule has 0 atom stereocenters. The lowest BCUT2D eigenvalue weighted by atomic mass is 9.96. The Morgan fingerprint density at radius 2 is 0.880 bits per heavy atom. The van der Waals surface area contributed by atoms with Crippen LogP contribution in [0.15, 0.2) is 205 Å². The van der Waals surface area contributed by atoms with Gasteiger partial charge in [0.1, 0.15) is 11.3 Å². The maximum Gasteiger partial charge on any atom is 0.137 e. The van der Waals surface area contributed by atoms with Crippen molar-refractivity contribution in [1.82, 2.24) is 0 Å². The van der Waals surface area contributed by atoms with Gasteiger partial charge in [0.2, 0.25) is 0 Å². The minimum Gasteiger partial charge on any atom is -0.456 e. The minimum absolute atomic E-state index is 0.835. The summed E-state index contributed by atoms with van der Waals surface area (Å²) in [5.74, 6) is 0.835. The average molecular weight is 640 g/mol. The molecule has 9 rings (SSSR count). The van der Waals surface area contributed by atoms with E-state index >= 15 is 0 Å². The number of nitrogens with zero attached hydrogens (tertiary/aromatic N) is 1. The van der Waals surface area contributed by atoms with Crippen LogP contribution in [0.3, 0.4) is 0 Å². The molecule has 0 aliphatic heterocycles. The summed E-state index contributed by atoms with van der Waals surface area (Å²) in [6.45, 7) is 0. The van der Waals surface area contributed by atoms with Crippen molar-refractivity contribution < 1.29 is 4.42 Å².